The minimum atomic E-state index is -3.51. The second-order valence-electron chi connectivity index (χ2n) is 3.52. The summed E-state index contributed by atoms with van der Waals surface area (Å²) in [5.74, 6) is 0. The normalized spacial score (nSPS) is 16.2. The van der Waals surface area contributed by atoms with Crippen LogP contribution in [0.1, 0.15) is 34.6 Å². The molecule has 0 radical (unpaired) electrons. The van der Waals surface area contributed by atoms with Crippen LogP contribution in [0.15, 0.2) is 0 Å². The summed E-state index contributed by atoms with van der Waals surface area (Å²) < 4.78 is 21.9. The first-order valence-corrected chi connectivity index (χ1v) is 5.90. The molecule has 0 aliphatic rings. The van der Waals surface area contributed by atoms with Gasteiger partial charge in [-0.2, -0.15) is 0 Å². The molecule has 0 bridgehead atoms. The average molecular weight is 216 g/mol. The number of hydrogen-bond acceptors (Lipinski definition) is 4. The zero-order valence-corrected chi connectivity index (χ0v) is 10.8. The van der Waals surface area contributed by atoms with Crippen LogP contribution < -0.4 is 24.0 Å². The smallest absolute Gasteiger partial charge is 0.841 e. The van der Waals surface area contributed by atoms with Gasteiger partial charge in [0.15, 0.2) is 0 Å². The first-order valence-electron chi connectivity index (χ1n) is 4.36. The van der Waals surface area contributed by atoms with Gasteiger partial charge in [-0.15, -0.1) is 0 Å². The van der Waals surface area contributed by atoms with Crippen LogP contribution >= 0.6 is 7.60 Å². The Balaban J connectivity index is 0. The third-order valence-corrected chi connectivity index (χ3v) is 3.92. The predicted molar refractivity (Wildman–Crippen MR) is 49.5 cm³/mol. The second kappa shape index (κ2) is 6.32. The molecule has 0 spiro atoms. The van der Waals surface area contributed by atoms with E-state index in [2.05, 4.69) is 0 Å². The maximum atomic E-state index is 11.9. The zero-order valence-electron chi connectivity index (χ0n) is 9.86. The SMILES string of the molecule is CCOP(=O)(OC(C)C)C(C)(C)[O-].[Li+]. The Morgan fingerprint density at radius 1 is 1.43 bits per heavy atom. The molecule has 0 aromatic rings. The third kappa shape index (κ3) is 4.98. The Kier molecular flexibility index (Phi) is 7.73. The van der Waals surface area contributed by atoms with Crippen LogP contribution in [-0.4, -0.2) is 18.1 Å². The van der Waals surface area contributed by atoms with Gasteiger partial charge in [0, 0.05) is 0 Å². The Bertz CT molecular complexity index is 200. The van der Waals surface area contributed by atoms with Crippen molar-refractivity contribution in [3.63, 3.8) is 0 Å². The van der Waals surface area contributed by atoms with Crippen molar-refractivity contribution in [1.29, 1.82) is 0 Å². The molecule has 80 valence electrons. The summed E-state index contributed by atoms with van der Waals surface area (Å²) in [5.41, 5.74) is 0. The van der Waals surface area contributed by atoms with Crippen LogP contribution in [0.5, 0.6) is 0 Å². The van der Waals surface area contributed by atoms with Crippen molar-refractivity contribution in [3.8, 4) is 0 Å². The van der Waals surface area contributed by atoms with Gasteiger partial charge in [0.05, 0.1) is 12.7 Å². The van der Waals surface area contributed by atoms with E-state index in [4.69, 9.17) is 9.05 Å². The molecule has 4 nitrogen and oxygen atoms in total. The average Bonchev–Trinajstić information content (AvgIpc) is 1.82. The quantitative estimate of drug-likeness (QED) is 0.425. The molecule has 0 N–H and O–H groups in total. The van der Waals surface area contributed by atoms with Crippen LogP contribution in [0.3, 0.4) is 0 Å². The van der Waals surface area contributed by atoms with Crippen molar-refractivity contribution in [1.82, 2.24) is 0 Å². The van der Waals surface area contributed by atoms with Crippen molar-refractivity contribution in [2.45, 2.75) is 46.1 Å². The monoisotopic (exact) mass is 216 g/mol. The summed E-state index contributed by atoms with van der Waals surface area (Å²) in [6.07, 6.45) is -0.273. The molecular formula is C8H18LiO4P. The van der Waals surface area contributed by atoms with Gasteiger partial charge in [0.2, 0.25) is 0 Å². The molecule has 0 heterocycles. The molecule has 0 saturated carbocycles. The minimum Gasteiger partial charge on any atom is -0.841 e. The topological polar surface area (TPSA) is 58.6 Å². The second-order valence-corrected chi connectivity index (χ2v) is 6.06. The summed E-state index contributed by atoms with van der Waals surface area (Å²) >= 11 is 0. The largest absolute Gasteiger partial charge is 1.00 e. The first kappa shape index (κ1) is 17.1. The van der Waals surface area contributed by atoms with Gasteiger partial charge < -0.3 is 14.2 Å². The first-order chi connectivity index (χ1) is 5.73. The van der Waals surface area contributed by atoms with E-state index in [1.807, 2.05) is 0 Å². The van der Waals surface area contributed by atoms with Crippen LogP contribution in [0.2, 0.25) is 0 Å². The molecule has 14 heavy (non-hydrogen) atoms. The molecule has 0 aromatic heterocycles. The van der Waals surface area contributed by atoms with Gasteiger partial charge in [0.1, 0.15) is 0 Å². The van der Waals surface area contributed by atoms with Crippen LogP contribution in [-0.2, 0) is 13.6 Å². The summed E-state index contributed by atoms with van der Waals surface area (Å²) in [6.45, 7) is 7.96. The maximum absolute atomic E-state index is 11.9. The van der Waals surface area contributed by atoms with E-state index in [1.165, 1.54) is 13.8 Å². The fourth-order valence-electron chi connectivity index (χ4n) is 0.760. The molecule has 1 unspecified atom stereocenters. The molecule has 1 atom stereocenters. The summed E-state index contributed by atoms with van der Waals surface area (Å²) in [6, 6.07) is 0. The zero-order chi connectivity index (χ0) is 10.7. The van der Waals surface area contributed by atoms with Gasteiger partial charge in [-0.25, -0.2) is 0 Å². The van der Waals surface area contributed by atoms with Gasteiger partial charge in [0.25, 0.3) is 0 Å². The predicted octanol–water partition coefficient (Wildman–Crippen LogP) is -1.26. The van der Waals surface area contributed by atoms with Gasteiger partial charge in [-0.05, 0) is 26.1 Å². The van der Waals surface area contributed by atoms with E-state index < -0.39 is 12.9 Å². The van der Waals surface area contributed by atoms with E-state index in [0.717, 1.165) is 0 Å². The Morgan fingerprint density at radius 2 is 1.86 bits per heavy atom. The molecule has 6 heteroatoms. The molecule has 0 aliphatic carbocycles. The van der Waals surface area contributed by atoms with Crippen LogP contribution in [0.25, 0.3) is 0 Å². The standard InChI is InChI=1S/C8H18O4P.Li/c1-6-11-13(10,8(4,5)9)12-7(2)3;/h7H,6H2,1-5H3;/q-1;+1. The van der Waals surface area contributed by atoms with Crippen LogP contribution in [0, 0.1) is 0 Å². The molecule has 0 aliphatic heterocycles. The van der Waals surface area contributed by atoms with Crippen LogP contribution in [0.4, 0.5) is 0 Å². The number of hydrogen-bond donors (Lipinski definition) is 0. The van der Waals surface area contributed by atoms with Crippen molar-refractivity contribution < 1.29 is 37.6 Å². The maximum Gasteiger partial charge on any atom is 1.00 e. The molecule has 0 amide bonds. The van der Waals surface area contributed by atoms with E-state index in [1.54, 1.807) is 20.8 Å². The molecule has 0 rings (SSSR count). The number of rotatable bonds is 5. The summed E-state index contributed by atoms with van der Waals surface area (Å²) in [7, 11) is -3.51. The van der Waals surface area contributed by atoms with Gasteiger partial charge in [-0.3, -0.25) is 4.57 Å². The summed E-state index contributed by atoms with van der Waals surface area (Å²) in [4.78, 5) is 0. The minimum absolute atomic E-state index is 0. The van der Waals surface area contributed by atoms with Crippen molar-refractivity contribution in [2.75, 3.05) is 6.61 Å². The van der Waals surface area contributed by atoms with Gasteiger partial charge >= 0.3 is 26.5 Å². The third-order valence-electron chi connectivity index (χ3n) is 1.31. The van der Waals surface area contributed by atoms with Gasteiger partial charge in [-0.1, -0.05) is 13.8 Å². The molecular weight excluding hydrogens is 198 g/mol. The molecule has 0 fully saturated rings. The molecule has 0 aromatic carbocycles. The van der Waals surface area contributed by atoms with Crippen molar-refractivity contribution in [3.05, 3.63) is 0 Å². The Labute approximate surface area is 98.1 Å². The Hall–Kier alpha value is 0.707. The van der Waals surface area contributed by atoms with E-state index in [9.17, 15) is 9.67 Å². The van der Waals surface area contributed by atoms with E-state index in [-0.39, 0.29) is 31.6 Å². The van der Waals surface area contributed by atoms with Crippen molar-refractivity contribution in [2.24, 2.45) is 0 Å². The van der Waals surface area contributed by atoms with E-state index in [0.29, 0.717) is 0 Å². The van der Waals surface area contributed by atoms with E-state index >= 15 is 0 Å². The fourth-order valence-corrected chi connectivity index (χ4v) is 2.28. The Morgan fingerprint density at radius 3 is 2.07 bits per heavy atom. The van der Waals surface area contributed by atoms with Crippen molar-refractivity contribution >= 4 is 7.60 Å². The summed E-state index contributed by atoms with van der Waals surface area (Å²) in [5, 5.41) is 9.84. The molecule has 0 saturated heterocycles. The fraction of sp³-hybridized carbons (Fsp3) is 1.00.